The van der Waals surface area contributed by atoms with E-state index in [1.54, 1.807) is 12.3 Å². The van der Waals surface area contributed by atoms with E-state index in [1.807, 2.05) is 30.3 Å². The molecule has 3 rings (SSSR count). The van der Waals surface area contributed by atoms with Crippen molar-refractivity contribution < 1.29 is 14.1 Å². The van der Waals surface area contributed by atoms with E-state index in [0.717, 1.165) is 5.56 Å². The molecule has 0 aliphatic rings. The Bertz CT molecular complexity index is 892. The Morgan fingerprint density at radius 3 is 2.72 bits per heavy atom. The topological polar surface area (TPSA) is 110 Å². The van der Waals surface area contributed by atoms with E-state index in [-0.39, 0.29) is 12.2 Å². The third-order valence-electron chi connectivity index (χ3n) is 3.33. The number of amides is 2. The smallest absolute Gasteiger partial charge is 0.319 e. The van der Waals surface area contributed by atoms with Gasteiger partial charge in [0.25, 0.3) is 5.69 Å². The van der Waals surface area contributed by atoms with Crippen LogP contribution in [-0.2, 0) is 6.54 Å². The Morgan fingerprint density at radius 2 is 1.96 bits per heavy atom. The van der Waals surface area contributed by atoms with Gasteiger partial charge in [-0.1, -0.05) is 36.4 Å². The van der Waals surface area contributed by atoms with Gasteiger partial charge in [0.05, 0.1) is 17.7 Å². The number of oxazole rings is 1. The molecule has 0 aliphatic carbocycles. The van der Waals surface area contributed by atoms with Crippen LogP contribution in [-0.4, -0.2) is 15.9 Å². The standard InChI is InChI=1S/C17H14N4O4/c22-17(20-13-7-4-8-14(9-13)21(23)24)19-11-16-18-10-15(25-16)12-5-2-1-3-6-12/h1-10H,11H2,(H2,19,20,22). The van der Waals surface area contributed by atoms with E-state index >= 15 is 0 Å². The number of hydrogen-bond donors (Lipinski definition) is 2. The van der Waals surface area contributed by atoms with Crippen LogP contribution < -0.4 is 10.6 Å². The zero-order chi connectivity index (χ0) is 17.6. The maximum absolute atomic E-state index is 11.9. The van der Waals surface area contributed by atoms with Crippen LogP contribution in [0.3, 0.4) is 0 Å². The summed E-state index contributed by atoms with van der Waals surface area (Å²) < 4.78 is 5.58. The quantitative estimate of drug-likeness (QED) is 0.546. The Hall–Kier alpha value is -3.68. The van der Waals surface area contributed by atoms with Gasteiger partial charge in [-0.2, -0.15) is 0 Å². The average Bonchev–Trinajstić information content (AvgIpc) is 3.10. The van der Waals surface area contributed by atoms with Gasteiger partial charge in [-0.3, -0.25) is 10.1 Å². The zero-order valence-electron chi connectivity index (χ0n) is 13.0. The first-order valence-corrected chi connectivity index (χ1v) is 7.41. The minimum Gasteiger partial charge on any atom is -0.439 e. The molecule has 2 aromatic carbocycles. The van der Waals surface area contributed by atoms with Gasteiger partial charge >= 0.3 is 6.03 Å². The molecule has 0 unspecified atom stereocenters. The van der Waals surface area contributed by atoms with Crippen molar-refractivity contribution in [3.63, 3.8) is 0 Å². The third-order valence-corrected chi connectivity index (χ3v) is 3.33. The zero-order valence-corrected chi connectivity index (χ0v) is 13.0. The van der Waals surface area contributed by atoms with Crippen molar-refractivity contribution in [2.75, 3.05) is 5.32 Å². The number of carbonyl (C=O) groups is 1. The lowest BCUT2D eigenvalue weighted by Gasteiger charge is -2.05. The summed E-state index contributed by atoms with van der Waals surface area (Å²) in [5.41, 5.74) is 1.12. The first-order chi connectivity index (χ1) is 12.1. The van der Waals surface area contributed by atoms with Gasteiger partial charge in [0, 0.05) is 23.4 Å². The van der Waals surface area contributed by atoms with Crippen LogP contribution in [0.15, 0.2) is 65.2 Å². The van der Waals surface area contributed by atoms with E-state index in [2.05, 4.69) is 15.6 Å². The van der Waals surface area contributed by atoms with Crippen molar-refractivity contribution in [2.24, 2.45) is 0 Å². The summed E-state index contributed by atoms with van der Waals surface area (Å²) in [5, 5.41) is 15.8. The number of nitro benzene ring substituents is 1. The molecule has 0 bridgehead atoms. The van der Waals surface area contributed by atoms with Crippen LogP contribution in [0.5, 0.6) is 0 Å². The molecule has 0 radical (unpaired) electrons. The monoisotopic (exact) mass is 338 g/mol. The lowest BCUT2D eigenvalue weighted by Crippen LogP contribution is -2.28. The number of anilines is 1. The molecule has 1 heterocycles. The molecule has 0 spiro atoms. The maximum Gasteiger partial charge on any atom is 0.319 e. The number of hydrogen-bond acceptors (Lipinski definition) is 5. The second-order valence-corrected chi connectivity index (χ2v) is 5.10. The van der Waals surface area contributed by atoms with Gasteiger partial charge in [0.2, 0.25) is 5.89 Å². The molecule has 0 saturated carbocycles. The highest BCUT2D eigenvalue weighted by Crippen LogP contribution is 2.20. The summed E-state index contributed by atoms with van der Waals surface area (Å²) in [6, 6.07) is 14.6. The van der Waals surface area contributed by atoms with Crippen molar-refractivity contribution >= 4 is 17.4 Å². The number of non-ortho nitro benzene ring substituents is 1. The normalized spacial score (nSPS) is 10.2. The predicted octanol–water partition coefficient (Wildman–Crippen LogP) is 3.57. The summed E-state index contributed by atoms with van der Waals surface area (Å²) in [5.74, 6) is 0.963. The minimum atomic E-state index is -0.527. The number of nitrogens with zero attached hydrogens (tertiary/aromatic N) is 2. The molecule has 2 amide bonds. The fraction of sp³-hybridized carbons (Fsp3) is 0.0588. The lowest BCUT2D eigenvalue weighted by atomic mass is 10.2. The largest absolute Gasteiger partial charge is 0.439 e. The molecule has 3 aromatic rings. The number of carbonyl (C=O) groups excluding carboxylic acids is 1. The van der Waals surface area contributed by atoms with Crippen LogP contribution >= 0.6 is 0 Å². The van der Waals surface area contributed by atoms with Crippen LogP contribution in [0.25, 0.3) is 11.3 Å². The van der Waals surface area contributed by atoms with Crippen LogP contribution in [0.1, 0.15) is 5.89 Å². The fourth-order valence-electron chi connectivity index (χ4n) is 2.16. The van der Waals surface area contributed by atoms with Crippen molar-refractivity contribution in [1.29, 1.82) is 0 Å². The molecule has 8 heteroatoms. The molecule has 1 aromatic heterocycles. The number of benzene rings is 2. The van der Waals surface area contributed by atoms with Gasteiger partial charge < -0.3 is 15.1 Å². The van der Waals surface area contributed by atoms with E-state index in [1.165, 1.54) is 18.2 Å². The first kappa shape index (κ1) is 16.2. The molecule has 2 N–H and O–H groups in total. The molecule has 126 valence electrons. The molecule has 0 saturated heterocycles. The fourth-order valence-corrected chi connectivity index (χ4v) is 2.16. The SMILES string of the molecule is O=C(NCc1ncc(-c2ccccc2)o1)Nc1cccc([N+](=O)[O-])c1. The molecule has 0 fully saturated rings. The second-order valence-electron chi connectivity index (χ2n) is 5.10. The van der Waals surface area contributed by atoms with Crippen molar-refractivity contribution in [1.82, 2.24) is 10.3 Å². The number of aromatic nitrogens is 1. The summed E-state index contributed by atoms with van der Waals surface area (Å²) in [6.45, 7) is 0.0909. The van der Waals surface area contributed by atoms with Gasteiger partial charge in [0.1, 0.15) is 0 Å². The van der Waals surface area contributed by atoms with Gasteiger partial charge in [0.15, 0.2) is 5.76 Å². The van der Waals surface area contributed by atoms with Crippen LogP contribution in [0.4, 0.5) is 16.2 Å². The summed E-state index contributed by atoms with van der Waals surface area (Å²) >= 11 is 0. The molecular formula is C17H14N4O4. The molecule has 0 atom stereocenters. The predicted molar refractivity (Wildman–Crippen MR) is 90.9 cm³/mol. The maximum atomic E-state index is 11.9. The van der Waals surface area contributed by atoms with Gasteiger partial charge in [-0.05, 0) is 6.07 Å². The van der Waals surface area contributed by atoms with Crippen molar-refractivity contribution in [3.8, 4) is 11.3 Å². The van der Waals surface area contributed by atoms with Crippen LogP contribution in [0, 0.1) is 10.1 Å². The summed E-state index contributed by atoms with van der Waals surface area (Å²) in [7, 11) is 0. The number of rotatable bonds is 5. The minimum absolute atomic E-state index is 0.0909. The number of nitrogens with one attached hydrogen (secondary N) is 2. The Labute approximate surface area is 142 Å². The van der Waals surface area contributed by atoms with Crippen molar-refractivity contribution in [3.05, 3.63) is 76.8 Å². The Kier molecular flexibility index (Phi) is 4.70. The first-order valence-electron chi connectivity index (χ1n) is 7.41. The Morgan fingerprint density at radius 1 is 1.16 bits per heavy atom. The molecule has 8 nitrogen and oxygen atoms in total. The lowest BCUT2D eigenvalue weighted by molar-refractivity contribution is -0.384. The highest BCUT2D eigenvalue weighted by molar-refractivity contribution is 5.89. The molecule has 25 heavy (non-hydrogen) atoms. The summed E-state index contributed by atoms with van der Waals surface area (Å²) in [4.78, 5) is 26.2. The Balaban J connectivity index is 1.57. The molecular weight excluding hydrogens is 324 g/mol. The highest BCUT2D eigenvalue weighted by atomic mass is 16.6. The average molecular weight is 338 g/mol. The number of nitro groups is 1. The van der Waals surface area contributed by atoms with E-state index < -0.39 is 11.0 Å². The second kappa shape index (κ2) is 7.26. The third kappa shape index (κ3) is 4.20. The number of urea groups is 1. The van der Waals surface area contributed by atoms with E-state index in [0.29, 0.717) is 17.3 Å². The molecule has 0 aliphatic heterocycles. The highest BCUT2D eigenvalue weighted by Gasteiger charge is 2.10. The van der Waals surface area contributed by atoms with Gasteiger partial charge in [-0.25, -0.2) is 9.78 Å². The van der Waals surface area contributed by atoms with Crippen LogP contribution in [0.2, 0.25) is 0 Å². The summed E-state index contributed by atoms with van der Waals surface area (Å²) in [6.07, 6.45) is 1.59. The van der Waals surface area contributed by atoms with Crippen molar-refractivity contribution in [2.45, 2.75) is 6.54 Å². The van der Waals surface area contributed by atoms with E-state index in [9.17, 15) is 14.9 Å². The van der Waals surface area contributed by atoms with E-state index in [4.69, 9.17) is 4.42 Å². The van der Waals surface area contributed by atoms with Gasteiger partial charge in [-0.15, -0.1) is 0 Å².